The van der Waals surface area contributed by atoms with Crippen molar-refractivity contribution in [2.24, 2.45) is 0 Å². The van der Waals surface area contributed by atoms with Gasteiger partial charge in [-0.05, 0) is 36.4 Å². The van der Waals surface area contributed by atoms with Gasteiger partial charge in [-0.25, -0.2) is 9.59 Å². The highest BCUT2D eigenvalue weighted by Gasteiger charge is 2.37. The lowest BCUT2D eigenvalue weighted by Crippen LogP contribution is -2.01. The van der Waals surface area contributed by atoms with Crippen LogP contribution >= 0.6 is 0 Å². The number of ether oxygens (including phenoxy) is 1. The van der Waals surface area contributed by atoms with Crippen molar-refractivity contribution in [3.63, 3.8) is 0 Å². The molecule has 0 unspecified atom stereocenters. The minimum atomic E-state index is -0.616. The maximum atomic E-state index is 12.4. The molecule has 1 aliphatic rings. The summed E-state index contributed by atoms with van der Waals surface area (Å²) >= 11 is 0. The van der Waals surface area contributed by atoms with E-state index in [2.05, 4.69) is 122 Å². The lowest BCUT2D eigenvalue weighted by Gasteiger charge is -2.02. The molecule has 8 heteroatoms. The van der Waals surface area contributed by atoms with Gasteiger partial charge in [0.1, 0.15) is 0 Å². The average Bonchev–Trinajstić information content (AvgIpc) is 4.07. The fraction of sp³-hybridized carbons (Fsp3) is 0. The van der Waals surface area contributed by atoms with Gasteiger partial charge in [0.25, 0.3) is 0 Å². The molecule has 5 aromatic carbocycles. The van der Waals surface area contributed by atoms with E-state index in [1.807, 2.05) is 54.6 Å². The minimum Gasteiger partial charge on any atom is -0.386 e. The van der Waals surface area contributed by atoms with Gasteiger partial charge >= 0.3 is 11.9 Å². The quantitative estimate of drug-likeness (QED) is 0.106. The van der Waals surface area contributed by atoms with Gasteiger partial charge in [0.2, 0.25) is 0 Å². The van der Waals surface area contributed by atoms with E-state index in [0.717, 1.165) is 38.5 Å². The van der Waals surface area contributed by atoms with Gasteiger partial charge < -0.3 is 29.2 Å². The van der Waals surface area contributed by atoms with E-state index in [1.165, 1.54) is 33.0 Å². The molecule has 0 spiro atoms. The van der Waals surface area contributed by atoms with Gasteiger partial charge in [0.15, 0.2) is 0 Å². The minimum absolute atomic E-state index is 0.298. The largest absolute Gasteiger partial charge is 0.386 e. The number of rotatable bonds is 5. The summed E-state index contributed by atoms with van der Waals surface area (Å²) in [7, 11) is 0. The van der Waals surface area contributed by atoms with Crippen LogP contribution in [0.3, 0.4) is 0 Å². The Bertz CT molecular complexity index is 2890. The maximum Gasteiger partial charge on any atom is 0.347 e. The van der Waals surface area contributed by atoms with Crippen molar-refractivity contribution in [2.75, 3.05) is 0 Å². The lowest BCUT2D eigenvalue weighted by atomic mass is 9.95. The Labute approximate surface area is 308 Å². The third-order valence-corrected chi connectivity index (χ3v) is 10.2. The predicted molar refractivity (Wildman–Crippen MR) is 215 cm³/mol. The van der Waals surface area contributed by atoms with Gasteiger partial charge in [-0.1, -0.05) is 91.0 Å². The van der Waals surface area contributed by atoms with Crippen molar-refractivity contribution in [3.8, 4) is 27.9 Å². The lowest BCUT2D eigenvalue weighted by molar-refractivity contribution is -0.149. The first-order valence-corrected chi connectivity index (χ1v) is 17.7. The normalized spacial score (nSPS) is 13.0. The van der Waals surface area contributed by atoms with E-state index in [-0.39, 0.29) is 0 Å². The van der Waals surface area contributed by atoms with Crippen LogP contribution in [0.25, 0.3) is 82.7 Å². The highest BCUT2D eigenvalue weighted by molar-refractivity contribution is 6.46. The van der Waals surface area contributed by atoms with Crippen LogP contribution in [-0.4, -0.2) is 36.4 Å². The number of hydrogen-bond donors (Lipinski definition) is 4. The second-order valence-electron chi connectivity index (χ2n) is 13.2. The Morgan fingerprint density at radius 1 is 0.370 bits per heavy atom. The number of esters is 2. The van der Waals surface area contributed by atoms with E-state index in [4.69, 9.17) is 4.74 Å². The van der Waals surface area contributed by atoms with E-state index in [1.54, 1.807) is 12.4 Å². The van der Waals surface area contributed by atoms with Crippen LogP contribution in [0.4, 0.5) is 0 Å². The van der Waals surface area contributed by atoms with Gasteiger partial charge in [-0.15, -0.1) is 0 Å². The Morgan fingerprint density at radius 2 is 0.704 bits per heavy atom. The third kappa shape index (κ3) is 5.08. The van der Waals surface area contributed by atoms with Gasteiger partial charge in [-0.3, -0.25) is 0 Å². The van der Waals surface area contributed by atoms with Crippen LogP contribution in [-0.2, 0) is 14.3 Å². The van der Waals surface area contributed by atoms with Gasteiger partial charge in [-0.2, -0.15) is 0 Å². The topological polar surface area (TPSA) is 111 Å². The fourth-order valence-corrected chi connectivity index (χ4v) is 7.66. The van der Waals surface area contributed by atoms with Crippen molar-refractivity contribution < 1.29 is 14.3 Å². The molecule has 0 bridgehead atoms. The Balaban J connectivity index is 0.000000135. The number of nitrogens with one attached hydrogen (secondary N) is 4. The molecule has 0 fully saturated rings. The molecule has 1 aliphatic heterocycles. The molecular formula is C46H31N5O3. The number of nitrogens with zero attached hydrogens (tertiary/aromatic N) is 1. The van der Waals surface area contributed by atoms with Crippen molar-refractivity contribution >= 4 is 66.7 Å². The number of hydrogen-bond acceptors (Lipinski definition) is 3. The number of fused-ring (bicyclic) bond motifs is 4. The first kappa shape index (κ1) is 31.2. The summed E-state index contributed by atoms with van der Waals surface area (Å²) in [5.41, 5.74) is 12.1. The number of para-hydroxylation sites is 5. The van der Waals surface area contributed by atoms with Gasteiger partial charge in [0.05, 0.1) is 11.1 Å². The van der Waals surface area contributed by atoms with Crippen LogP contribution in [0.1, 0.15) is 11.1 Å². The second-order valence-corrected chi connectivity index (χ2v) is 13.2. The van der Waals surface area contributed by atoms with E-state index >= 15 is 0 Å². The molecule has 11 rings (SSSR count). The number of H-pyrrole nitrogens is 4. The smallest absolute Gasteiger partial charge is 0.347 e. The summed E-state index contributed by atoms with van der Waals surface area (Å²) in [5, 5.41) is 4.22. The van der Waals surface area contributed by atoms with Crippen molar-refractivity contribution in [1.29, 1.82) is 0 Å². The predicted octanol–water partition coefficient (Wildman–Crippen LogP) is 10.4. The molecule has 0 saturated carbocycles. The Hall–Kier alpha value is -7.58. The number of aromatic nitrogens is 5. The first-order valence-electron chi connectivity index (χ1n) is 17.7. The van der Waals surface area contributed by atoms with Crippen molar-refractivity contribution in [2.45, 2.75) is 0 Å². The summed E-state index contributed by atoms with van der Waals surface area (Å²) in [4.78, 5) is 38.0. The molecule has 0 atom stereocenters. The summed E-state index contributed by atoms with van der Waals surface area (Å²) in [6, 6.07) is 42.7. The average molecular weight is 702 g/mol. The van der Waals surface area contributed by atoms with Gasteiger partial charge in [0, 0.05) is 120 Å². The molecule has 54 heavy (non-hydrogen) atoms. The fourth-order valence-electron chi connectivity index (χ4n) is 7.66. The van der Waals surface area contributed by atoms with E-state index in [0.29, 0.717) is 22.3 Å². The molecule has 0 radical (unpaired) electrons. The van der Waals surface area contributed by atoms with Crippen LogP contribution in [0.5, 0.6) is 0 Å². The SMILES string of the molecule is O=C1OC(=O)C(c2c[nH]c3ccccc23)=C1c1c[nH]c2ccccc12.c1ccc(-n2cc(-c3c[nH]c4ccccc34)c(-c3c[nH]c4ccccc34)c2)cc1. The number of benzene rings is 5. The zero-order valence-corrected chi connectivity index (χ0v) is 28.8. The zero-order valence-electron chi connectivity index (χ0n) is 28.8. The Kier molecular flexibility index (Phi) is 7.26. The highest BCUT2D eigenvalue weighted by atomic mass is 16.6. The molecule has 0 aliphatic carbocycles. The van der Waals surface area contributed by atoms with E-state index in [9.17, 15) is 9.59 Å². The third-order valence-electron chi connectivity index (χ3n) is 10.2. The molecule has 258 valence electrons. The molecule has 0 saturated heterocycles. The molecule has 10 aromatic rings. The van der Waals surface area contributed by atoms with E-state index < -0.39 is 11.9 Å². The number of carbonyl (C=O) groups is 2. The molecule has 0 amide bonds. The summed E-state index contributed by atoms with van der Waals surface area (Å²) in [5.74, 6) is -1.23. The molecular weight excluding hydrogens is 671 g/mol. The first-order chi connectivity index (χ1) is 26.6. The van der Waals surface area contributed by atoms with Crippen LogP contribution in [0.15, 0.2) is 165 Å². The zero-order chi connectivity index (χ0) is 36.2. The summed E-state index contributed by atoms with van der Waals surface area (Å²) in [6.07, 6.45) is 12.2. The summed E-state index contributed by atoms with van der Waals surface area (Å²) < 4.78 is 7.17. The van der Waals surface area contributed by atoms with Crippen molar-refractivity contribution in [3.05, 3.63) is 176 Å². The number of aromatic amines is 4. The molecule has 8 nitrogen and oxygen atoms in total. The van der Waals surface area contributed by atoms with Crippen LogP contribution in [0, 0.1) is 0 Å². The monoisotopic (exact) mass is 701 g/mol. The molecule has 4 N–H and O–H groups in total. The number of cyclic esters (lactones) is 2. The van der Waals surface area contributed by atoms with Crippen molar-refractivity contribution in [1.82, 2.24) is 24.5 Å². The summed E-state index contributed by atoms with van der Waals surface area (Å²) in [6.45, 7) is 0. The molecule has 5 aromatic heterocycles. The van der Waals surface area contributed by atoms with Crippen LogP contribution in [0.2, 0.25) is 0 Å². The standard InChI is InChI=1S/C26H19N3.C20H12N2O3/c1-2-8-18(9-3-1)29-16-23(21-14-27-25-12-6-4-10-19(21)25)24(17-29)22-15-28-26-13-7-5-11-20(22)26;23-19-17(13-9-21-15-7-3-1-5-11(13)15)18(20(24)25-19)14-10-22-16-8-4-2-6-12(14)16/h1-17,27-28H;1-10,21-22H. The Morgan fingerprint density at radius 3 is 1.11 bits per heavy atom. The highest BCUT2D eigenvalue weighted by Crippen LogP contribution is 2.41. The maximum absolute atomic E-state index is 12.4. The molecule has 6 heterocycles. The second kappa shape index (κ2) is 12.6. The number of carbonyl (C=O) groups excluding carboxylic acids is 2. The van der Waals surface area contributed by atoms with Crippen LogP contribution < -0.4 is 0 Å².